The normalized spacial score (nSPS) is 18.0. The van der Waals surface area contributed by atoms with E-state index in [-0.39, 0.29) is 23.5 Å². The van der Waals surface area contributed by atoms with E-state index >= 15 is 0 Å². The van der Waals surface area contributed by atoms with Crippen molar-refractivity contribution < 1.29 is 14.3 Å². The first kappa shape index (κ1) is 15.8. The number of amides is 2. The van der Waals surface area contributed by atoms with Gasteiger partial charge < -0.3 is 10.1 Å². The third-order valence-corrected chi connectivity index (χ3v) is 4.53. The lowest BCUT2D eigenvalue weighted by atomic mass is 10.3. The molecule has 1 aromatic rings. The zero-order chi connectivity index (χ0) is 15.4. The smallest absolute Gasteiger partial charge is 0.241 e. The molecule has 7 heteroatoms. The van der Waals surface area contributed by atoms with Crippen molar-refractivity contribution >= 4 is 45.8 Å². The molecule has 2 amide bonds. The molecule has 5 nitrogen and oxygen atoms in total. The molecule has 0 unspecified atom stereocenters. The van der Waals surface area contributed by atoms with Crippen molar-refractivity contribution in [1.29, 1.82) is 0 Å². The Balaban J connectivity index is 1.84. The molecule has 1 aliphatic heterocycles. The van der Waals surface area contributed by atoms with E-state index in [9.17, 15) is 9.59 Å². The zero-order valence-corrected chi connectivity index (χ0v) is 13.4. The molecule has 0 saturated carbocycles. The highest BCUT2D eigenvalue weighted by molar-refractivity contribution is 8.24. The van der Waals surface area contributed by atoms with Crippen LogP contribution in [0.1, 0.15) is 13.3 Å². The van der Waals surface area contributed by atoms with Crippen molar-refractivity contribution in [3.05, 3.63) is 24.3 Å². The first-order valence-corrected chi connectivity index (χ1v) is 7.76. The number of nitrogens with zero attached hydrogens (tertiary/aromatic N) is 1. The van der Waals surface area contributed by atoms with Crippen molar-refractivity contribution in [2.24, 2.45) is 0 Å². The minimum atomic E-state index is -0.152. The maximum Gasteiger partial charge on any atom is 0.241 e. The fourth-order valence-corrected chi connectivity index (χ4v) is 3.34. The van der Waals surface area contributed by atoms with Crippen molar-refractivity contribution in [2.45, 2.75) is 18.6 Å². The molecule has 1 aliphatic rings. The minimum Gasteiger partial charge on any atom is -0.497 e. The molecule has 1 aromatic carbocycles. The Bertz CT molecular complexity index is 560. The molecule has 1 atom stereocenters. The number of hydrogen-bond donors (Lipinski definition) is 1. The quantitative estimate of drug-likeness (QED) is 0.842. The highest BCUT2D eigenvalue weighted by Crippen LogP contribution is 2.26. The van der Waals surface area contributed by atoms with Crippen molar-refractivity contribution in [1.82, 2.24) is 4.90 Å². The van der Waals surface area contributed by atoms with Gasteiger partial charge in [0, 0.05) is 18.7 Å². The number of thioether (sulfide) groups is 1. The fourth-order valence-electron chi connectivity index (χ4n) is 1.89. The second-order valence-corrected chi connectivity index (χ2v) is 6.52. The van der Waals surface area contributed by atoms with Crippen LogP contribution in [-0.2, 0) is 9.59 Å². The van der Waals surface area contributed by atoms with Gasteiger partial charge in [-0.2, -0.15) is 0 Å². The summed E-state index contributed by atoms with van der Waals surface area (Å²) in [5.74, 6) is 0.551. The molecule has 1 heterocycles. The average molecular weight is 324 g/mol. The van der Waals surface area contributed by atoms with E-state index in [1.165, 1.54) is 16.7 Å². The van der Waals surface area contributed by atoms with Crippen LogP contribution < -0.4 is 10.1 Å². The summed E-state index contributed by atoms with van der Waals surface area (Å²) >= 11 is 6.49. The molecule has 1 saturated heterocycles. The third-order valence-electron chi connectivity index (χ3n) is 3.05. The summed E-state index contributed by atoms with van der Waals surface area (Å²) in [6.07, 6.45) is 0.213. The summed E-state index contributed by atoms with van der Waals surface area (Å²) in [6.45, 7) is 2.13. The lowest BCUT2D eigenvalue weighted by Gasteiger charge is -2.14. The van der Waals surface area contributed by atoms with E-state index in [1.807, 2.05) is 6.92 Å². The monoisotopic (exact) mass is 324 g/mol. The number of carbonyl (C=O) groups is 2. The van der Waals surface area contributed by atoms with Crippen molar-refractivity contribution in [2.75, 3.05) is 19.0 Å². The molecule has 2 rings (SSSR count). The number of methoxy groups -OCH3 is 1. The Morgan fingerprint density at radius 3 is 2.62 bits per heavy atom. The second-order valence-electron chi connectivity index (χ2n) is 4.54. The van der Waals surface area contributed by atoms with E-state index in [0.29, 0.717) is 16.6 Å². The second kappa shape index (κ2) is 6.91. The number of rotatable bonds is 5. The average Bonchev–Trinajstić information content (AvgIpc) is 2.71. The maximum absolute atomic E-state index is 11.9. The highest BCUT2D eigenvalue weighted by Gasteiger charge is 2.33. The van der Waals surface area contributed by atoms with Crippen LogP contribution >= 0.6 is 24.0 Å². The van der Waals surface area contributed by atoms with Gasteiger partial charge in [-0.1, -0.05) is 24.0 Å². The molecule has 0 aliphatic carbocycles. The van der Waals surface area contributed by atoms with E-state index in [2.05, 4.69) is 5.32 Å². The molecule has 0 radical (unpaired) electrons. The summed E-state index contributed by atoms with van der Waals surface area (Å²) in [5, 5.41) is 2.62. The number of thiocarbonyl (C=S) groups is 1. The zero-order valence-electron chi connectivity index (χ0n) is 11.8. The number of carbonyl (C=O) groups excluding carboxylic acids is 2. The van der Waals surface area contributed by atoms with Gasteiger partial charge in [-0.15, -0.1) is 0 Å². The van der Waals surface area contributed by atoms with E-state index in [1.54, 1.807) is 31.4 Å². The number of hydrogen-bond acceptors (Lipinski definition) is 5. The van der Waals surface area contributed by atoms with Gasteiger partial charge in [0.2, 0.25) is 11.8 Å². The number of ether oxygens (including phenoxy) is 1. The maximum atomic E-state index is 11.9. The molecule has 1 fully saturated rings. The Hall–Kier alpha value is -1.60. The third kappa shape index (κ3) is 3.95. The van der Waals surface area contributed by atoms with Gasteiger partial charge in [0.15, 0.2) is 0 Å². The largest absolute Gasteiger partial charge is 0.497 e. The van der Waals surface area contributed by atoms with Gasteiger partial charge in [0.25, 0.3) is 0 Å². The summed E-state index contributed by atoms with van der Waals surface area (Å²) in [5.41, 5.74) is 0.693. The van der Waals surface area contributed by atoms with Crippen LogP contribution in [0.2, 0.25) is 0 Å². The number of anilines is 1. The van der Waals surface area contributed by atoms with Crippen LogP contribution in [-0.4, -0.2) is 39.9 Å². The van der Waals surface area contributed by atoms with Crippen LogP contribution in [0, 0.1) is 0 Å². The summed E-state index contributed by atoms with van der Waals surface area (Å²) in [7, 11) is 1.59. The summed E-state index contributed by atoms with van der Waals surface area (Å²) in [6, 6.07) is 7.07. The molecule has 0 aromatic heterocycles. The summed E-state index contributed by atoms with van der Waals surface area (Å²) in [4.78, 5) is 25.2. The van der Waals surface area contributed by atoms with Crippen LogP contribution in [0.15, 0.2) is 24.3 Å². The first-order valence-electron chi connectivity index (χ1n) is 6.47. The van der Waals surface area contributed by atoms with Gasteiger partial charge in [-0.25, -0.2) is 0 Å². The Morgan fingerprint density at radius 1 is 1.43 bits per heavy atom. The molecule has 21 heavy (non-hydrogen) atoms. The van der Waals surface area contributed by atoms with Crippen LogP contribution in [0.25, 0.3) is 0 Å². The van der Waals surface area contributed by atoms with Gasteiger partial charge in [0.1, 0.15) is 10.1 Å². The Labute approximate surface area is 133 Å². The van der Waals surface area contributed by atoms with Crippen molar-refractivity contribution in [3.8, 4) is 5.75 Å². The Kier molecular flexibility index (Phi) is 5.19. The van der Waals surface area contributed by atoms with Gasteiger partial charge in [0.05, 0.1) is 12.4 Å². The lowest BCUT2D eigenvalue weighted by Crippen LogP contribution is -2.33. The van der Waals surface area contributed by atoms with E-state index in [0.717, 1.165) is 5.75 Å². The SMILES string of the molecule is COc1ccc(NC(=O)CCN2C(=O)[C@H](C)SC2=S)cc1. The van der Waals surface area contributed by atoms with Crippen molar-refractivity contribution in [3.63, 3.8) is 0 Å². The van der Waals surface area contributed by atoms with Gasteiger partial charge >= 0.3 is 0 Å². The lowest BCUT2D eigenvalue weighted by molar-refractivity contribution is -0.126. The molecule has 0 bridgehead atoms. The molecule has 112 valence electrons. The van der Waals surface area contributed by atoms with Crippen LogP contribution in [0.4, 0.5) is 5.69 Å². The Morgan fingerprint density at radius 2 is 2.10 bits per heavy atom. The number of nitrogens with one attached hydrogen (secondary N) is 1. The van der Waals surface area contributed by atoms with E-state index in [4.69, 9.17) is 17.0 Å². The molecular weight excluding hydrogens is 308 g/mol. The fraction of sp³-hybridized carbons (Fsp3) is 0.357. The minimum absolute atomic E-state index is 0.0257. The van der Waals surface area contributed by atoms with Crippen LogP contribution in [0.3, 0.4) is 0 Å². The number of benzene rings is 1. The predicted octanol–water partition coefficient (Wildman–Crippen LogP) is 2.27. The van der Waals surface area contributed by atoms with Gasteiger partial charge in [-0.3, -0.25) is 14.5 Å². The standard InChI is InChI=1S/C14H16N2O3S2/c1-9-13(18)16(14(20)21-9)8-7-12(17)15-10-3-5-11(19-2)6-4-10/h3-6,9H,7-8H2,1-2H3,(H,15,17)/t9-/m0/s1. The van der Waals surface area contributed by atoms with Gasteiger partial charge in [-0.05, 0) is 31.2 Å². The summed E-state index contributed by atoms with van der Waals surface area (Å²) < 4.78 is 5.60. The topological polar surface area (TPSA) is 58.6 Å². The molecular formula is C14H16N2O3S2. The van der Waals surface area contributed by atoms with Crippen LogP contribution in [0.5, 0.6) is 5.75 Å². The van der Waals surface area contributed by atoms with E-state index < -0.39 is 0 Å². The molecule has 0 spiro atoms. The predicted molar refractivity (Wildman–Crippen MR) is 87.6 cm³/mol. The first-order chi connectivity index (χ1) is 10.0. The molecule has 1 N–H and O–H groups in total. The highest BCUT2D eigenvalue weighted by atomic mass is 32.2.